The van der Waals surface area contributed by atoms with Crippen LogP contribution in [0.4, 0.5) is 0 Å². The third-order valence-electron chi connectivity index (χ3n) is 15.0. The van der Waals surface area contributed by atoms with Crippen LogP contribution < -0.4 is 89.4 Å². The molecule has 1 radical (unpaired) electrons. The van der Waals surface area contributed by atoms with Gasteiger partial charge in [-0.3, -0.25) is 4.98 Å². The zero-order valence-electron chi connectivity index (χ0n) is 61.5. The van der Waals surface area contributed by atoms with Gasteiger partial charge < -0.3 is 108 Å². The molecule has 1 aromatic carbocycles. The van der Waals surface area contributed by atoms with Crippen LogP contribution in [-0.4, -0.2) is 118 Å². The van der Waals surface area contributed by atoms with Crippen molar-refractivity contribution in [3.05, 3.63) is 36.5 Å². The number of halogens is 4. The molecule has 2 rings (SSSR count). The van der Waals surface area contributed by atoms with Gasteiger partial charge in [0, 0.05) is 49.9 Å². The fourth-order valence-corrected chi connectivity index (χ4v) is 12.0. The van der Waals surface area contributed by atoms with E-state index in [4.69, 9.17) is 17.7 Å². The molecule has 4 N–H and O–H groups in total. The molecule has 1 aromatic heterocycles. The summed E-state index contributed by atoms with van der Waals surface area (Å²) >= 11 is 0. The summed E-state index contributed by atoms with van der Waals surface area (Å²) < 4.78 is 22.8. The predicted molar refractivity (Wildman–Crippen MR) is 369 cm³/mol. The third-order valence-corrected chi connectivity index (χ3v) is 17.6. The average Bonchev–Trinajstić information content (AvgIpc) is 2.19. The summed E-state index contributed by atoms with van der Waals surface area (Å²) in [5, 5.41) is 30.7. The Labute approximate surface area is 643 Å². The van der Waals surface area contributed by atoms with E-state index < -0.39 is 21.0 Å². The first kappa shape index (κ1) is 120. The maximum atomic E-state index is 10.2. The summed E-state index contributed by atoms with van der Waals surface area (Å²) in [6.07, 6.45) is 61.8. The maximum absolute atomic E-state index is 10.2. The van der Waals surface area contributed by atoms with Crippen molar-refractivity contribution in [3.8, 4) is 5.75 Å². The van der Waals surface area contributed by atoms with Crippen molar-refractivity contribution in [2.24, 2.45) is 0 Å². The molecule has 0 unspecified atom stereocenters. The van der Waals surface area contributed by atoms with Crippen molar-refractivity contribution < 1.29 is 154 Å². The van der Waals surface area contributed by atoms with Crippen LogP contribution in [0.5, 0.6) is 5.75 Å². The first-order valence-electron chi connectivity index (χ1n) is 35.5. The van der Waals surface area contributed by atoms with Gasteiger partial charge in [0.15, 0.2) is 0 Å². The number of benzene rings is 1. The molecule has 93 heavy (non-hydrogen) atoms. The Morgan fingerprint density at radius 3 is 0.860 bits per heavy atom. The molecule has 551 valence electrons. The number of carbonyl (C=O) groups excluding carboxylic acids is 2. The number of aliphatic carboxylic acids is 2. The third kappa shape index (κ3) is 96.7. The molecular weight excluding hydrogens is 1350 g/mol. The van der Waals surface area contributed by atoms with E-state index in [0.717, 1.165) is 35.6 Å². The molecule has 0 fully saturated rings. The molecule has 0 saturated carbocycles. The van der Waals surface area contributed by atoms with Crippen LogP contribution in [0.3, 0.4) is 0 Å². The molecular formula is C72H142AlCl4CoN2NaO11Si. The average molecular weight is 1490 g/mol. The van der Waals surface area contributed by atoms with Gasteiger partial charge in [-0.2, -0.15) is 0 Å². The van der Waals surface area contributed by atoms with E-state index in [1.807, 2.05) is 45.9 Å². The van der Waals surface area contributed by atoms with Crippen molar-refractivity contribution in [1.82, 2.24) is 4.98 Å². The number of nitrogens with zero attached hydrogens (tertiary/aromatic N) is 2. The summed E-state index contributed by atoms with van der Waals surface area (Å²) in [7, 11) is 4.09. The summed E-state index contributed by atoms with van der Waals surface area (Å²) in [5.41, 5.74) is 0.662. The van der Waals surface area contributed by atoms with E-state index in [1.165, 1.54) is 263 Å². The zero-order chi connectivity index (χ0) is 62.7. The number of phenols is 1. The molecule has 2 aromatic rings. The topological polar surface area (TPSA) is 212 Å². The molecule has 0 spiro atoms. The number of fused-ring (bicyclic) bond motifs is 1. The normalized spacial score (nSPS) is 10.1. The minimum atomic E-state index is -2.80. The van der Waals surface area contributed by atoms with Gasteiger partial charge >= 0.3 is 72.7 Å². The van der Waals surface area contributed by atoms with E-state index in [1.54, 1.807) is 18.3 Å². The Hall–Kier alpha value is 0.506. The number of carbonyl (C=O) groups is 2. The van der Waals surface area contributed by atoms with Crippen LogP contribution in [-0.2, 0) is 44.1 Å². The van der Waals surface area contributed by atoms with Crippen LogP contribution in [0, 0.1) is 0 Å². The second-order valence-electron chi connectivity index (χ2n) is 24.3. The van der Waals surface area contributed by atoms with E-state index in [-0.39, 0.29) is 143 Å². The zero-order valence-corrected chi connectivity index (χ0v) is 69.7. The number of phenolic OH excluding ortho intramolecular Hbond substituents is 1. The second kappa shape index (κ2) is 96.7. The number of carboxylic acid groups (broad SMARTS) is 2. The molecule has 13 nitrogen and oxygen atoms in total. The number of rotatable bonds is 55. The number of quaternary nitrogens is 1. The molecule has 0 atom stereocenters. The van der Waals surface area contributed by atoms with Gasteiger partial charge in [0.1, 0.15) is 11.3 Å². The summed E-state index contributed by atoms with van der Waals surface area (Å²) in [6, 6.07) is 9.13. The van der Waals surface area contributed by atoms with Crippen LogP contribution >= 0.6 is 0 Å². The van der Waals surface area contributed by atoms with Crippen molar-refractivity contribution in [2.75, 3.05) is 54.1 Å². The van der Waals surface area contributed by atoms with Crippen LogP contribution in [0.2, 0.25) is 0 Å². The summed E-state index contributed by atoms with van der Waals surface area (Å²) in [6.45, 7) is 18.0. The number of pyridine rings is 1. The molecule has 0 aliphatic carbocycles. The van der Waals surface area contributed by atoms with Crippen LogP contribution in [0.25, 0.3) is 10.9 Å². The largest absolute Gasteiger partial charge is 3.00 e. The van der Waals surface area contributed by atoms with E-state index in [2.05, 4.69) is 46.9 Å². The number of aromatic hydroxyl groups is 1. The molecule has 1 heterocycles. The maximum Gasteiger partial charge on any atom is 3.00 e. The molecule has 21 heteroatoms. The fraction of sp³-hybridized carbons (Fsp3) is 0.847. The van der Waals surface area contributed by atoms with Crippen LogP contribution in [0.15, 0.2) is 36.5 Å². The number of unbranched alkanes of at least 4 members (excludes halogenated alkanes) is 41. The second-order valence-corrected chi connectivity index (χ2v) is 26.5. The smallest absolute Gasteiger partial charge is 1.00 e. The number of hydrogen-bond donors (Lipinski definition) is 1. The van der Waals surface area contributed by atoms with Gasteiger partial charge in [0.05, 0.1) is 27.7 Å². The monoisotopic (exact) mass is 1490 g/mol. The Morgan fingerprint density at radius 2 is 0.645 bits per heavy atom. The molecule has 0 bridgehead atoms. The molecule has 0 aliphatic rings. The molecule has 0 aliphatic heterocycles. The number of aromatic nitrogens is 1. The van der Waals surface area contributed by atoms with E-state index in [0.29, 0.717) is 31.9 Å². The van der Waals surface area contributed by atoms with E-state index in [9.17, 15) is 24.9 Å². The SMILES string of the molecule is CCCCCCCCCCCCCCCCCC(=O)[O-].CCCCCCCCCCCCCCCCCC(=O)[O-].CCCCCCCCCCCCCCCC[N+](C)(C)C.CCO[Si](OCC)(OCC)OCC.O.Oc1cccc2cccnc12.[Al+3].[Cl-].[Cl-].[Cl-].[Cl-].[Co+2].[Na+].[OH-]. The molecule has 0 saturated heterocycles. The first-order valence-corrected chi connectivity index (χ1v) is 37.1. The Morgan fingerprint density at radius 1 is 0.419 bits per heavy atom. The van der Waals surface area contributed by atoms with Gasteiger partial charge in [-0.1, -0.05) is 296 Å². The van der Waals surface area contributed by atoms with Gasteiger partial charge in [-0.25, -0.2) is 0 Å². The Kier molecular flexibility index (Phi) is 125. The number of hydrogen-bond acceptors (Lipinski definition) is 11. The molecule has 0 amide bonds. The van der Waals surface area contributed by atoms with Gasteiger partial charge in [0.2, 0.25) is 0 Å². The fourth-order valence-electron chi connectivity index (χ4n) is 10.1. The van der Waals surface area contributed by atoms with E-state index >= 15 is 0 Å². The number of carboxylic acids is 2. The summed E-state index contributed by atoms with van der Waals surface area (Å²) in [5.74, 6) is -1.57. The standard InChI is InChI=1S/C19H42N.2C18H36O2.C9H7NO.C8H20O4Si.Al.4ClH.Co.Na.2H2O/c1-5-6-7-8-9-10-11-12-13-14-15-16-17-18-19-20(2,3)4;2*1-2-3-4-5-6-7-8-9-10-11-12-13-14-15-16-17-18(19)20;11-8-5-1-3-7-4-2-6-10-9(7)8;1-5-9-13(10-6-2,11-7-3)12-8-4;;;;;;;;;/h5-19H2,1-4H3;2*2-17H2,1H3,(H,19,20);1-6,11H;5-8H2,1-4H3;;4*1H;;;2*1H2/q+1;;;;;+3;;;;;+2;+1;;/p-7. The van der Waals surface area contributed by atoms with Gasteiger partial charge in [-0.15, -0.1) is 0 Å². The van der Waals surface area contributed by atoms with Crippen molar-refractivity contribution in [3.63, 3.8) is 0 Å². The first-order chi connectivity index (χ1) is 40.7. The van der Waals surface area contributed by atoms with Gasteiger partial charge in [0.25, 0.3) is 0 Å². The predicted octanol–water partition coefficient (Wildman–Crippen LogP) is 3.31. The van der Waals surface area contributed by atoms with Crippen molar-refractivity contribution >= 4 is 49.3 Å². The Bertz CT molecular complexity index is 1600. The van der Waals surface area contributed by atoms with Crippen LogP contribution in [0.1, 0.15) is 344 Å². The number of para-hydroxylation sites is 1. The Balaban J connectivity index is -0.0000000873. The van der Waals surface area contributed by atoms with Gasteiger partial charge in [-0.05, 0) is 78.4 Å². The minimum Gasteiger partial charge on any atom is -1.00 e. The van der Waals surface area contributed by atoms with Crippen molar-refractivity contribution in [1.29, 1.82) is 0 Å². The quantitative estimate of drug-likeness (QED) is 0.0577. The summed E-state index contributed by atoms with van der Waals surface area (Å²) in [4.78, 5) is 24.5. The van der Waals surface area contributed by atoms with Crippen molar-refractivity contribution in [2.45, 2.75) is 344 Å². The minimum absolute atomic E-state index is 0.